The van der Waals surface area contributed by atoms with Crippen LogP contribution >= 0.6 is 0 Å². The number of aromatic nitrogens is 6. The van der Waals surface area contributed by atoms with E-state index in [2.05, 4.69) is 30.4 Å². The molecular weight excluding hydrogens is 274 g/mol. The van der Waals surface area contributed by atoms with Gasteiger partial charge in [-0.15, -0.1) is 0 Å². The summed E-state index contributed by atoms with van der Waals surface area (Å²) >= 11 is 0. The van der Waals surface area contributed by atoms with Gasteiger partial charge in [-0.1, -0.05) is 0 Å². The minimum Gasteiger partial charge on any atom is -0.461 e. The van der Waals surface area contributed by atoms with E-state index in [9.17, 15) is 0 Å². The molecule has 0 radical (unpaired) electrons. The molecule has 9 nitrogen and oxygen atoms in total. The molecule has 1 atom stereocenters. The highest BCUT2D eigenvalue weighted by Gasteiger charge is 2.16. The molecule has 3 rings (SSSR count). The Morgan fingerprint density at radius 1 is 1.38 bits per heavy atom. The molecule has 1 aliphatic rings. The zero-order valence-electron chi connectivity index (χ0n) is 11.8. The second-order valence-electron chi connectivity index (χ2n) is 4.63. The molecule has 3 heterocycles. The summed E-state index contributed by atoms with van der Waals surface area (Å²) in [5, 5.41) is 6.87. The van der Waals surface area contributed by atoms with Gasteiger partial charge in [0, 0.05) is 13.7 Å². The van der Waals surface area contributed by atoms with Gasteiger partial charge in [-0.05, 0) is 19.3 Å². The highest BCUT2D eigenvalue weighted by atomic mass is 16.5. The van der Waals surface area contributed by atoms with Crippen LogP contribution in [-0.2, 0) is 4.74 Å². The van der Waals surface area contributed by atoms with Gasteiger partial charge in [-0.3, -0.25) is 0 Å². The van der Waals surface area contributed by atoms with Crippen LogP contribution in [0.15, 0.2) is 12.7 Å². The van der Waals surface area contributed by atoms with Gasteiger partial charge in [0.15, 0.2) is 0 Å². The average Bonchev–Trinajstić information content (AvgIpc) is 3.08. The van der Waals surface area contributed by atoms with E-state index >= 15 is 0 Å². The van der Waals surface area contributed by atoms with Crippen LogP contribution in [0.4, 0.5) is 5.95 Å². The quantitative estimate of drug-likeness (QED) is 0.847. The third-order valence-corrected chi connectivity index (χ3v) is 3.12. The van der Waals surface area contributed by atoms with Gasteiger partial charge < -0.3 is 14.8 Å². The van der Waals surface area contributed by atoms with Gasteiger partial charge in [0.1, 0.15) is 19.3 Å². The van der Waals surface area contributed by atoms with Gasteiger partial charge in [0.25, 0.3) is 5.95 Å². The smallest absolute Gasteiger partial charge is 0.323 e. The molecule has 2 aromatic rings. The van der Waals surface area contributed by atoms with Crippen LogP contribution in [0.5, 0.6) is 6.01 Å². The van der Waals surface area contributed by atoms with Crippen LogP contribution in [0.3, 0.4) is 0 Å². The van der Waals surface area contributed by atoms with E-state index in [1.807, 2.05) is 0 Å². The maximum Gasteiger partial charge on any atom is 0.323 e. The molecule has 0 aliphatic carbocycles. The first kappa shape index (κ1) is 13.7. The summed E-state index contributed by atoms with van der Waals surface area (Å²) in [6.07, 6.45) is 6.31. The second kappa shape index (κ2) is 6.44. The molecule has 1 fully saturated rings. The third kappa shape index (κ3) is 3.43. The van der Waals surface area contributed by atoms with Crippen molar-refractivity contribution in [1.29, 1.82) is 0 Å². The first-order valence-corrected chi connectivity index (χ1v) is 6.88. The minimum atomic E-state index is 0.100. The number of rotatable bonds is 5. The minimum absolute atomic E-state index is 0.100. The SMILES string of the molecule is CNc1nc(OCC2CCCCO2)nc(-n2cncn2)n1. The number of nitrogens with zero attached hydrogens (tertiary/aromatic N) is 6. The molecule has 0 saturated carbocycles. The van der Waals surface area contributed by atoms with E-state index in [0.29, 0.717) is 18.5 Å². The molecule has 1 N–H and O–H groups in total. The van der Waals surface area contributed by atoms with Crippen molar-refractivity contribution < 1.29 is 9.47 Å². The lowest BCUT2D eigenvalue weighted by atomic mass is 10.1. The summed E-state index contributed by atoms with van der Waals surface area (Å²) in [5.74, 6) is 0.765. The summed E-state index contributed by atoms with van der Waals surface area (Å²) in [7, 11) is 1.73. The molecule has 1 aliphatic heterocycles. The number of nitrogens with one attached hydrogen (secondary N) is 1. The Bertz CT molecular complexity index is 569. The lowest BCUT2D eigenvalue weighted by Gasteiger charge is -2.22. The first-order chi connectivity index (χ1) is 10.3. The van der Waals surface area contributed by atoms with Crippen molar-refractivity contribution in [3.8, 4) is 12.0 Å². The predicted molar refractivity (Wildman–Crippen MR) is 73.4 cm³/mol. The van der Waals surface area contributed by atoms with E-state index < -0.39 is 0 Å². The molecule has 0 aromatic carbocycles. The summed E-state index contributed by atoms with van der Waals surface area (Å²) < 4.78 is 12.7. The largest absolute Gasteiger partial charge is 0.461 e. The van der Waals surface area contributed by atoms with Crippen molar-refractivity contribution >= 4 is 5.95 Å². The molecule has 112 valence electrons. The van der Waals surface area contributed by atoms with Crippen molar-refractivity contribution in [2.75, 3.05) is 25.6 Å². The molecule has 0 amide bonds. The van der Waals surface area contributed by atoms with Crippen LogP contribution in [0.2, 0.25) is 0 Å². The Balaban J connectivity index is 1.73. The average molecular weight is 291 g/mol. The van der Waals surface area contributed by atoms with Crippen molar-refractivity contribution in [2.24, 2.45) is 0 Å². The number of hydrogen-bond donors (Lipinski definition) is 1. The number of hydrogen-bond acceptors (Lipinski definition) is 8. The summed E-state index contributed by atoms with van der Waals surface area (Å²) in [6.45, 7) is 1.22. The van der Waals surface area contributed by atoms with E-state index in [4.69, 9.17) is 9.47 Å². The maximum atomic E-state index is 5.64. The molecule has 0 spiro atoms. The fraction of sp³-hybridized carbons (Fsp3) is 0.583. The Morgan fingerprint density at radius 2 is 2.33 bits per heavy atom. The van der Waals surface area contributed by atoms with E-state index in [-0.39, 0.29) is 12.1 Å². The van der Waals surface area contributed by atoms with Gasteiger partial charge in [0.2, 0.25) is 5.95 Å². The number of anilines is 1. The van der Waals surface area contributed by atoms with Gasteiger partial charge in [-0.2, -0.15) is 24.7 Å². The van der Waals surface area contributed by atoms with Crippen molar-refractivity contribution in [2.45, 2.75) is 25.4 Å². The standard InChI is InChI=1S/C12H17N7O2/c1-13-10-16-11(19-8-14-7-15-19)18-12(17-10)21-6-9-4-2-3-5-20-9/h7-9H,2-6H2,1H3,(H,13,16,17,18). The zero-order chi connectivity index (χ0) is 14.5. The van der Waals surface area contributed by atoms with E-state index in [0.717, 1.165) is 25.9 Å². The van der Waals surface area contributed by atoms with Crippen LogP contribution in [0, 0.1) is 0 Å². The van der Waals surface area contributed by atoms with Gasteiger partial charge >= 0.3 is 6.01 Å². The number of ether oxygens (including phenoxy) is 2. The fourth-order valence-electron chi connectivity index (χ4n) is 2.04. The Kier molecular flexibility index (Phi) is 4.20. The molecule has 1 saturated heterocycles. The molecule has 9 heteroatoms. The highest BCUT2D eigenvalue weighted by Crippen LogP contribution is 2.15. The highest BCUT2D eigenvalue weighted by molar-refractivity contribution is 5.28. The van der Waals surface area contributed by atoms with Gasteiger partial charge in [-0.25, -0.2) is 4.98 Å². The third-order valence-electron chi connectivity index (χ3n) is 3.12. The monoisotopic (exact) mass is 291 g/mol. The van der Waals surface area contributed by atoms with Crippen LogP contribution in [0.25, 0.3) is 5.95 Å². The Labute approximate surface area is 121 Å². The van der Waals surface area contributed by atoms with Crippen LogP contribution in [0.1, 0.15) is 19.3 Å². The first-order valence-electron chi connectivity index (χ1n) is 6.88. The van der Waals surface area contributed by atoms with E-state index in [1.165, 1.54) is 17.3 Å². The van der Waals surface area contributed by atoms with E-state index in [1.54, 1.807) is 7.05 Å². The maximum absolute atomic E-state index is 5.64. The molecule has 1 unspecified atom stereocenters. The zero-order valence-corrected chi connectivity index (χ0v) is 11.8. The summed E-state index contributed by atoms with van der Waals surface area (Å²) in [5.41, 5.74) is 0. The van der Waals surface area contributed by atoms with Crippen molar-refractivity contribution in [3.63, 3.8) is 0 Å². The summed E-state index contributed by atoms with van der Waals surface area (Å²) in [4.78, 5) is 16.5. The molecular formula is C12H17N7O2. The van der Waals surface area contributed by atoms with Crippen LogP contribution < -0.4 is 10.1 Å². The Morgan fingerprint density at radius 3 is 3.05 bits per heavy atom. The summed E-state index contributed by atoms with van der Waals surface area (Å²) in [6, 6.07) is 0.244. The lowest BCUT2D eigenvalue weighted by Crippen LogP contribution is -2.26. The normalized spacial score (nSPS) is 18.4. The molecule has 21 heavy (non-hydrogen) atoms. The van der Waals surface area contributed by atoms with Crippen LogP contribution in [-0.4, -0.2) is 56.1 Å². The molecule has 2 aromatic heterocycles. The van der Waals surface area contributed by atoms with Crippen molar-refractivity contribution in [3.05, 3.63) is 12.7 Å². The van der Waals surface area contributed by atoms with Gasteiger partial charge in [0.05, 0.1) is 6.10 Å². The topological polar surface area (TPSA) is 99.9 Å². The van der Waals surface area contributed by atoms with Crippen molar-refractivity contribution in [1.82, 2.24) is 29.7 Å². The fourth-order valence-corrected chi connectivity index (χ4v) is 2.04. The second-order valence-corrected chi connectivity index (χ2v) is 4.63. The Hall–Kier alpha value is -2.29. The lowest BCUT2D eigenvalue weighted by molar-refractivity contribution is -0.0129. The predicted octanol–water partition coefficient (Wildman–Crippen LogP) is 0.442. The molecule has 0 bridgehead atoms.